The Labute approximate surface area is 125 Å². The van der Waals surface area contributed by atoms with E-state index in [1.807, 2.05) is 54.6 Å². The van der Waals surface area contributed by atoms with Crippen LogP contribution in [0.25, 0.3) is 22.6 Å². The van der Waals surface area contributed by atoms with Gasteiger partial charge in [-0.2, -0.15) is 0 Å². The smallest absolute Gasteiger partial charge is 0.160 e. The van der Waals surface area contributed by atoms with E-state index >= 15 is 0 Å². The Bertz CT molecular complexity index is 750. The van der Waals surface area contributed by atoms with Gasteiger partial charge in [-0.3, -0.25) is 0 Å². The highest BCUT2D eigenvalue weighted by Crippen LogP contribution is 2.33. The van der Waals surface area contributed by atoms with Gasteiger partial charge in [0.25, 0.3) is 0 Å². The van der Waals surface area contributed by atoms with Crippen LogP contribution >= 0.6 is 15.9 Å². The van der Waals surface area contributed by atoms with Crippen molar-refractivity contribution in [1.82, 2.24) is 9.66 Å². The average molecular weight is 329 g/mol. The van der Waals surface area contributed by atoms with Crippen molar-refractivity contribution in [2.45, 2.75) is 0 Å². The van der Waals surface area contributed by atoms with E-state index in [0.29, 0.717) is 17.3 Å². The summed E-state index contributed by atoms with van der Waals surface area (Å²) in [4.78, 5) is 4.59. The number of nitrogens with two attached hydrogens (primary N) is 2. The number of imidazole rings is 1. The van der Waals surface area contributed by atoms with Gasteiger partial charge in [0, 0.05) is 15.6 Å². The van der Waals surface area contributed by atoms with E-state index in [0.717, 1.165) is 15.6 Å². The van der Waals surface area contributed by atoms with Gasteiger partial charge in [0.2, 0.25) is 0 Å². The van der Waals surface area contributed by atoms with Crippen LogP contribution in [-0.2, 0) is 0 Å². The number of nitrogens with zero attached hydrogens (tertiary/aromatic N) is 2. The molecule has 0 saturated heterocycles. The lowest BCUT2D eigenvalue weighted by molar-refractivity contribution is 1.02. The lowest BCUT2D eigenvalue weighted by Gasteiger charge is -2.03. The lowest BCUT2D eigenvalue weighted by atomic mass is 10.1. The summed E-state index contributed by atoms with van der Waals surface area (Å²) >= 11 is 3.51. The third-order valence-electron chi connectivity index (χ3n) is 3.11. The maximum atomic E-state index is 6.10. The Morgan fingerprint density at radius 1 is 0.950 bits per heavy atom. The SMILES string of the molecule is Nc1c(-c2ccccc2Br)nc(-c2ccccc2)n1N. The molecule has 0 aliphatic carbocycles. The van der Waals surface area contributed by atoms with Crippen LogP contribution in [0, 0.1) is 0 Å². The second-order valence-corrected chi connectivity index (χ2v) is 5.24. The number of aromatic nitrogens is 2. The molecule has 5 heteroatoms. The van der Waals surface area contributed by atoms with Gasteiger partial charge in [-0.05, 0) is 6.07 Å². The minimum atomic E-state index is 0.441. The molecule has 2 aromatic carbocycles. The van der Waals surface area contributed by atoms with Gasteiger partial charge in [0.05, 0.1) is 0 Å². The van der Waals surface area contributed by atoms with E-state index in [4.69, 9.17) is 11.6 Å². The molecule has 0 radical (unpaired) electrons. The van der Waals surface area contributed by atoms with Crippen LogP contribution < -0.4 is 11.6 Å². The predicted octanol–water partition coefficient (Wildman–Crippen LogP) is 3.28. The van der Waals surface area contributed by atoms with E-state index in [9.17, 15) is 0 Å². The number of nitrogen functional groups attached to an aromatic ring is 2. The third kappa shape index (κ3) is 2.06. The third-order valence-corrected chi connectivity index (χ3v) is 3.80. The quantitative estimate of drug-likeness (QED) is 0.709. The van der Waals surface area contributed by atoms with Crippen LogP contribution in [0.2, 0.25) is 0 Å². The Morgan fingerprint density at radius 2 is 1.60 bits per heavy atom. The number of benzene rings is 2. The molecular weight excluding hydrogens is 316 g/mol. The number of halogens is 1. The van der Waals surface area contributed by atoms with Gasteiger partial charge in [-0.25, -0.2) is 9.66 Å². The van der Waals surface area contributed by atoms with Crippen molar-refractivity contribution in [1.29, 1.82) is 0 Å². The molecule has 3 rings (SSSR count). The number of anilines is 1. The molecule has 0 aliphatic rings. The van der Waals surface area contributed by atoms with Gasteiger partial charge in [0.15, 0.2) is 11.6 Å². The zero-order valence-corrected chi connectivity index (χ0v) is 12.2. The van der Waals surface area contributed by atoms with E-state index in [2.05, 4.69) is 20.9 Å². The summed E-state index contributed by atoms with van der Waals surface area (Å²) in [6, 6.07) is 17.5. The summed E-state index contributed by atoms with van der Waals surface area (Å²) < 4.78 is 2.36. The van der Waals surface area contributed by atoms with Crippen LogP contribution in [0.15, 0.2) is 59.1 Å². The average Bonchev–Trinajstić information content (AvgIpc) is 2.77. The first-order chi connectivity index (χ1) is 9.68. The van der Waals surface area contributed by atoms with Crippen molar-refractivity contribution < 1.29 is 0 Å². The second kappa shape index (κ2) is 5.02. The van der Waals surface area contributed by atoms with Crippen LogP contribution in [0.3, 0.4) is 0 Å². The first kappa shape index (κ1) is 12.7. The molecule has 0 unspecified atom stereocenters. The summed E-state index contributed by atoms with van der Waals surface area (Å²) in [6.45, 7) is 0. The highest BCUT2D eigenvalue weighted by molar-refractivity contribution is 9.10. The fourth-order valence-electron chi connectivity index (χ4n) is 2.09. The van der Waals surface area contributed by atoms with E-state index < -0.39 is 0 Å². The number of hydrogen-bond donors (Lipinski definition) is 2. The van der Waals surface area contributed by atoms with Gasteiger partial charge >= 0.3 is 0 Å². The largest absolute Gasteiger partial charge is 0.382 e. The predicted molar refractivity (Wildman–Crippen MR) is 85.4 cm³/mol. The number of hydrogen-bond acceptors (Lipinski definition) is 3. The van der Waals surface area contributed by atoms with Crippen LogP contribution in [0.4, 0.5) is 5.82 Å². The molecule has 0 spiro atoms. The fourth-order valence-corrected chi connectivity index (χ4v) is 2.56. The van der Waals surface area contributed by atoms with Crippen molar-refractivity contribution in [3.63, 3.8) is 0 Å². The lowest BCUT2D eigenvalue weighted by Crippen LogP contribution is -2.13. The summed E-state index contributed by atoms with van der Waals surface area (Å²) in [6.07, 6.45) is 0. The number of rotatable bonds is 2. The molecule has 0 fully saturated rings. The van der Waals surface area contributed by atoms with E-state index in [1.54, 1.807) is 0 Å². The normalized spacial score (nSPS) is 10.7. The molecule has 1 aromatic heterocycles. The summed E-state index contributed by atoms with van der Waals surface area (Å²) in [5.74, 6) is 7.12. The van der Waals surface area contributed by atoms with E-state index in [-0.39, 0.29) is 0 Å². The standard InChI is InChI=1S/C15H13BrN4/c16-12-9-5-4-8-11(12)13-14(17)20(18)15(19-13)10-6-2-1-3-7-10/h1-9H,17-18H2. The summed E-state index contributed by atoms with van der Waals surface area (Å²) in [5.41, 5.74) is 8.63. The molecule has 20 heavy (non-hydrogen) atoms. The highest BCUT2D eigenvalue weighted by Gasteiger charge is 2.17. The van der Waals surface area contributed by atoms with Gasteiger partial charge in [-0.1, -0.05) is 64.5 Å². The first-order valence-corrected chi connectivity index (χ1v) is 6.91. The van der Waals surface area contributed by atoms with Gasteiger partial charge in [0.1, 0.15) is 5.69 Å². The second-order valence-electron chi connectivity index (χ2n) is 4.39. The molecule has 0 saturated carbocycles. The van der Waals surface area contributed by atoms with Crippen LogP contribution in [0.1, 0.15) is 0 Å². The fraction of sp³-hybridized carbons (Fsp3) is 0. The molecule has 4 N–H and O–H groups in total. The molecule has 0 aliphatic heterocycles. The maximum absolute atomic E-state index is 6.10. The summed E-state index contributed by atoms with van der Waals surface area (Å²) in [5, 5.41) is 0. The first-order valence-electron chi connectivity index (χ1n) is 6.12. The minimum absolute atomic E-state index is 0.441. The molecule has 100 valence electrons. The zero-order chi connectivity index (χ0) is 14.1. The Hall–Kier alpha value is -2.27. The van der Waals surface area contributed by atoms with Gasteiger partial charge < -0.3 is 11.6 Å². The van der Waals surface area contributed by atoms with Crippen molar-refractivity contribution in [3.05, 3.63) is 59.1 Å². The molecular formula is C15H13BrN4. The van der Waals surface area contributed by atoms with E-state index in [1.165, 1.54) is 4.68 Å². The summed E-state index contributed by atoms with van der Waals surface area (Å²) in [7, 11) is 0. The minimum Gasteiger partial charge on any atom is -0.382 e. The molecule has 4 nitrogen and oxygen atoms in total. The maximum Gasteiger partial charge on any atom is 0.160 e. The van der Waals surface area contributed by atoms with Crippen molar-refractivity contribution in [2.75, 3.05) is 11.6 Å². The molecule has 3 aromatic rings. The van der Waals surface area contributed by atoms with Crippen LogP contribution in [0.5, 0.6) is 0 Å². The monoisotopic (exact) mass is 328 g/mol. The molecule has 0 bridgehead atoms. The van der Waals surface area contributed by atoms with Gasteiger partial charge in [-0.15, -0.1) is 0 Å². The zero-order valence-electron chi connectivity index (χ0n) is 10.6. The topological polar surface area (TPSA) is 69.9 Å². The highest BCUT2D eigenvalue weighted by atomic mass is 79.9. The molecule has 1 heterocycles. The molecule has 0 amide bonds. The Kier molecular flexibility index (Phi) is 3.20. The van der Waals surface area contributed by atoms with Crippen LogP contribution in [-0.4, -0.2) is 9.66 Å². The van der Waals surface area contributed by atoms with Crippen molar-refractivity contribution >= 4 is 21.7 Å². The van der Waals surface area contributed by atoms with Crippen molar-refractivity contribution in [2.24, 2.45) is 0 Å². The Balaban J connectivity index is 2.19. The Morgan fingerprint density at radius 3 is 2.30 bits per heavy atom. The molecule has 0 atom stereocenters. The van der Waals surface area contributed by atoms with Crippen molar-refractivity contribution in [3.8, 4) is 22.6 Å².